The highest BCUT2D eigenvalue weighted by atomic mass is 16.2. The first-order valence-electron chi connectivity index (χ1n) is 10.7. The van der Waals surface area contributed by atoms with Crippen LogP contribution >= 0.6 is 0 Å². The van der Waals surface area contributed by atoms with Crippen LogP contribution in [0.3, 0.4) is 0 Å². The first-order chi connectivity index (χ1) is 14.4. The standard InChI is InChI=1S/C24H32N4O2/c1-5-6-12-28-15-18-14-21(24(30)26-11-10-25-17(4)29)27-20(13-16(2)3)19-8-7-9-22(28)23(18)19/h7-9,15-16,20-21,27H,10-14H2,1-4H3,(H,25,29)(H,26,30)/t20-,21-/m0/s1. The van der Waals surface area contributed by atoms with Crippen LogP contribution in [0.4, 0.5) is 0 Å². The topological polar surface area (TPSA) is 75.2 Å². The lowest BCUT2D eigenvalue weighted by Gasteiger charge is -2.25. The van der Waals surface area contributed by atoms with Crippen LogP contribution in [0.2, 0.25) is 0 Å². The molecule has 0 saturated heterocycles. The van der Waals surface area contributed by atoms with Crippen molar-refractivity contribution in [2.24, 2.45) is 5.92 Å². The summed E-state index contributed by atoms with van der Waals surface area (Å²) in [5, 5.41) is 10.5. The van der Waals surface area contributed by atoms with E-state index in [2.05, 4.69) is 70.6 Å². The molecule has 6 heteroatoms. The van der Waals surface area contributed by atoms with Crippen molar-refractivity contribution in [2.45, 2.75) is 59.2 Å². The van der Waals surface area contributed by atoms with Crippen molar-refractivity contribution in [2.75, 3.05) is 13.1 Å². The number of benzene rings is 1. The molecule has 2 heterocycles. The first kappa shape index (κ1) is 21.9. The summed E-state index contributed by atoms with van der Waals surface area (Å²) in [6, 6.07) is 6.20. The van der Waals surface area contributed by atoms with Crippen molar-refractivity contribution in [1.82, 2.24) is 20.5 Å². The van der Waals surface area contributed by atoms with Gasteiger partial charge in [0, 0.05) is 43.2 Å². The molecule has 0 bridgehead atoms. The minimum absolute atomic E-state index is 0.0313. The molecule has 1 aromatic heterocycles. The molecule has 2 amide bonds. The van der Waals surface area contributed by atoms with Crippen LogP contribution in [0.25, 0.3) is 10.9 Å². The van der Waals surface area contributed by atoms with Crippen molar-refractivity contribution < 1.29 is 9.59 Å². The number of hydrogen-bond acceptors (Lipinski definition) is 3. The molecule has 1 aromatic carbocycles. The largest absolute Gasteiger partial charge is 0.355 e. The molecule has 1 aliphatic heterocycles. The lowest BCUT2D eigenvalue weighted by atomic mass is 9.94. The fraction of sp³-hybridized carbons (Fsp3) is 0.500. The first-order valence-corrected chi connectivity index (χ1v) is 10.7. The monoisotopic (exact) mass is 408 g/mol. The second kappa shape index (κ2) is 9.82. The van der Waals surface area contributed by atoms with Crippen LogP contribution in [-0.4, -0.2) is 35.5 Å². The summed E-state index contributed by atoms with van der Waals surface area (Å²) < 4.78 is 2.19. The highest BCUT2D eigenvalue weighted by Gasteiger charge is 2.30. The van der Waals surface area contributed by atoms with Gasteiger partial charge in [-0.1, -0.05) is 31.9 Å². The summed E-state index contributed by atoms with van der Waals surface area (Å²) in [6.45, 7) is 9.23. The van der Waals surface area contributed by atoms with Gasteiger partial charge in [-0.25, -0.2) is 0 Å². The lowest BCUT2D eigenvalue weighted by molar-refractivity contribution is -0.124. The molecule has 3 rings (SSSR count). The van der Waals surface area contributed by atoms with Crippen LogP contribution < -0.4 is 16.0 Å². The normalized spacial score (nSPS) is 17.9. The Balaban J connectivity index is 1.91. The number of carbonyl (C=O) groups excluding carboxylic acids is 2. The number of rotatable bonds is 7. The van der Waals surface area contributed by atoms with E-state index < -0.39 is 0 Å². The lowest BCUT2D eigenvalue weighted by Crippen LogP contribution is -2.48. The highest BCUT2D eigenvalue weighted by Crippen LogP contribution is 2.35. The van der Waals surface area contributed by atoms with E-state index in [1.807, 2.05) is 6.92 Å². The maximum Gasteiger partial charge on any atom is 0.237 e. The summed E-state index contributed by atoms with van der Waals surface area (Å²) in [5.74, 6) is 6.50. The van der Waals surface area contributed by atoms with Gasteiger partial charge in [0.15, 0.2) is 0 Å². The Labute approximate surface area is 178 Å². The molecule has 0 aliphatic carbocycles. The van der Waals surface area contributed by atoms with Crippen LogP contribution in [0, 0.1) is 17.8 Å². The maximum absolute atomic E-state index is 13.0. The minimum atomic E-state index is -0.324. The average Bonchev–Trinajstić information content (AvgIpc) is 2.97. The van der Waals surface area contributed by atoms with E-state index in [-0.39, 0.29) is 23.9 Å². The molecule has 0 saturated carbocycles. The van der Waals surface area contributed by atoms with Crippen molar-refractivity contribution in [1.29, 1.82) is 0 Å². The molecular weight excluding hydrogens is 376 g/mol. The molecule has 3 N–H and O–H groups in total. The zero-order chi connectivity index (χ0) is 21.7. The summed E-state index contributed by atoms with van der Waals surface area (Å²) in [6.07, 6.45) is 3.73. The van der Waals surface area contributed by atoms with E-state index in [9.17, 15) is 9.59 Å². The predicted octanol–water partition coefficient (Wildman–Crippen LogP) is 2.52. The number of carbonyl (C=O) groups is 2. The Bertz CT molecular complexity index is 980. The predicted molar refractivity (Wildman–Crippen MR) is 120 cm³/mol. The quantitative estimate of drug-likeness (QED) is 0.487. The Hall–Kier alpha value is -2.78. The second-order valence-electron chi connectivity index (χ2n) is 8.33. The van der Waals surface area contributed by atoms with Crippen LogP contribution in [0.1, 0.15) is 51.3 Å². The molecule has 2 atom stereocenters. The maximum atomic E-state index is 13.0. The third-order valence-corrected chi connectivity index (χ3v) is 5.47. The molecule has 0 fully saturated rings. The van der Waals surface area contributed by atoms with E-state index in [4.69, 9.17) is 0 Å². The molecule has 30 heavy (non-hydrogen) atoms. The molecule has 0 spiro atoms. The number of amides is 2. The molecular formula is C24H32N4O2. The zero-order valence-corrected chi connectivity index (χ0v) is 18.3. The van der Waals surface area contributed by atoms with Gasteiger partial charge in [0.1, 0.15) is 0 Å². The third-order valence-electron chi connectivity index (χ3n) is 5.47. The Morgan fingerprint density at radius 1 is 1.27 bits per heavy atom. The smallest absolute Gasteiger partial charge is 0.237 e. The van der Waals surface area contributed by atoms with Crippen molar-refractivity contribution in [3.8, 4) is 11.8 Å². The Kier molecular flexibility index (Phi) is 7.17. The van der Waals surface area contributed by atoms with E-state index in [1.54, 1.807) is 0 Å². The van der Waals surface area contributed by atoms with Gasteiger partial charge in [-0.3, -0.25) is 14.9 Å². The van der Waals surface area contributed by atoms with Crippen LogP contribution in [0.5, 0.6) is 0 Å². The summed E-state index contributed by atoms with van der Waals surface area (Å²) in [4.78, 5) is 24.0. The highest BCUT2D eigenvalue weighted by molar-refractivity contribution is 5.90. The van der Waals surface area contributed by atoms with Crippen molar-refractivity contribution in [3.05, 3.63) is 35.5 Å². The second-order valence-corrected chi connectivity index (χ2v) is 8.33. The van der Waals surface area contributed by atoms with E-state index in [0.717, 1.165) is 6.42 Å². The van der Waals surface area contributed by atoms with Gasteiger partial charge >= 0.3 is 0 Å². The summed E-state index contributed by atoms with van der Waals surface area (Å²) in [5.41, 5.74) is 3.61. The van der Waals surface area contributed by atoms with Gasteiger partial charge in [-0.05, 0) is 42.9 Å². The van der Waals surface area contributed by atoms with Crippen molar-refractivity contribution in [3.63, 3.8) is 0 Å². The number of aromatic nitrogens is 1. The Morgan fingerprint density at radius 3 is 2.73 bits per heavy atom. The van der Waals surface area contributed by atoms with E-state index in [1.165, 1.54) is 29.0 Å². The van der Waals surface area contributed by atoms with E-state index in [0.29, 0.717) is 32.0 Å². The van der Waals surface area contributed by atoms with Gasteiger partial charge in [-0.2, -0.15) is 0 Å². The van der Waals surface area contributed by atoms with E-state index >= 15 is 0 Å². The van der Waals surface area contributed by atoms with Crippen LogP contribution in [-0.2, 0) is 22.6 Å². The fourth-order valence-electron chi connectivity index (χ4n) is 4.20. The Morgan fingerprint density at radius 2 is 2.03 bits per heavy atom. The summed E-state index contributed by atoms with van der Waals surface area (Å²) in [7, 11) is 0. The molecule has 0 radical (unpaired) electrons. The van der Waals surface area contributed by atoms with Crippen molar-refractivity contribution >= 4 is 22.7 Å². The molecule has 6 nitrogen and oxygen atoms in total. The molecule has 160 valence electrons. The molecule has 2 aromatic rings. The van der Waals surface area contributed by atoms with Gasteiger partial charge in [0.2, 0.25) is 11.8 Å². The SMILES string of the molecule is CC#CCn1cc2c3c(cccc31)[C@H](CC(C)C)N[C@H](C(=O)NCCNC(C)=O)C2. The minimum Gasteiger partial charge on any atom is -0.355 e. The van der Waals surface area contributed by atoms with Gasteiger partial charge < -0.3 is 15.2 Å². The number of hydrogen-bond donors (Lipinski definition) is 3. The molecule has 1 aliphatic rings. The number of nitrogens with one attached hydrogen (secondary N) is 3. The van der Waals surface area contributed by atoms with Gasteiger partial charge in [0.25, 0.3) is 0 Å². The third kappa shape index (κ3) is 5.03. The fourth-order valence-corrected chi connectivity index (χ4v) is 4.20. The average molecular weight is 409 g/mol. The summed E-state index contributed by atoms with van der Waals surface area (Å²) >= 11 is 0. The zero-order valence-electron chi connectivity index (χ0n) is 18.3. The van der Waals surface area contributed by atoms with Gasteiger partial charge in [-0.15, -0.1) is 5.92 Å². The van der Waals surface area contributed by atoms with Crippen LogP contribution in [0.15, 0.2) is 24.4 Å². The number of nitrogens with zero attached hydrogens (tertiary/aromatic N) is 1. The van der Waals surface area contributed by atoms with Gasteiger partial charge in [0.05, 0.1) is 12.6 Å². The molecule has 0 unspecified atom stereocenters.